The molecule has 1 saturated heterocycles. The SMILES string of the molecule is Cc1ccc(C(=O)NN=C2NC(=O)C[C@H](C(=O)Nc3ccccc3)S2)cc1. The fraction of sp³-hybridized carbons (Fsp3) is 0.158. The van der Waals surface area contributed by atoms with E-state index >= 15 is 0 Å². The van der Waals surface area contributed by atoms with Crippen LogP contribution in [0.25, 0.3) is 0 Å². The first-order chi connectivity index (χ1) is 13.0. The van der Waals surface area contributed by atoms with Crippen LogP contribution in [0.2, 0.25) is 0 Å². The maximum absolute atomic E-state index is 12.4. The molecule has 2 aromatic carbocycles. The molecule has 0 aromatic heterocycles. The van der Waals surface area contributed by atoms with Crippen LogP contribution in [0.1, 0.15) is 22.3 Å². The molecule has 3 amide bonds. The van der Waals surface area contributed by atoms with Crippen LogP contribution in [0.5, 0.6) is 0 Å². The molecular formula is C19H18N4O3S. The highest BCUT2D eigenvalue weighted by atomic mass is 32.2. The molecule has 1 heterocycles. The number of aryl methyl sites for hydroxylation is 1. The van der Waals surface area contributed by atoms with Crippen LogP contribution in [0.3, 0.4) is 0 Å². The van der Waals surface area contributed by atoms with E-state index in [4.69, 9.17) is 0 Å². The molecule has 7 nitrogen and oxygen atoms in total. The van der Waals surface area contributed by atoms with Gasteiger partial charge in [-0.3, -0.25) is 14.4 Å². The average Bonchev–Trinajstić information content (AvgIpc) is 2.67. The molecule has 27 heavy (non-hydrogen) atoms. The molecule has 1 aliphatic heterocycles. The van der Waals surface area contributed by atoms with Crippen molar-refractivity contribution in [1.82, 2.24) is 10.7 Å². The second-order valence-electron chi connectivity index (χ2n) is 5.94. The first-order valence-corrected chi connectivity index (χ1v) is 9.16. The molecule has 0 unspecified atom stereocenters. The number of rotatable bonds is 4. The minimum absolute atomic E-state index is 0.0360. The van der Waals surface area contributed by atoms with Crippen molar-refractivity contribution in [3.63, 3.8) is 0 Å². The Morgan fingerprint density at radius 1 is 1.11 bits per heavy atom. The molecule has 8 heteroatoms. The van der Waals surface area contributed by atoms with Gasteiger partial charge in [0.25, 0.3) is 5.91 Å². The molecule has 138 valence electrons. The summed E-state index contributed by atoms with van der Waals surface area (Å²) in [7, 11) is 0. The normalized spacial score (nSPS) is 17.9. The van der Waals surface area contributed by atoms with Crippen molar-refractivity contribution in [3.05, 3.63) is 65.7 Å². The van der Waals surface area contributed by atoms with E-state index < -0.39 is 11.2 Å². The summed E-state index contributed by atoms with van der Waals surface area (Å²) in [5.41, 5.74) is 4.55. The lowest BCUT2D eigenvalue weighted by molar-refractivity contribution is -0.123. The molecule has 3 rings (SSSR count). The summed E-state index contributed by atoms with van der Waals surface area (Å²) < 4.78 is 0. The second kappa shape index (κ2) is 8.50. The summed E-state index contributed by atoms with van der Waals surface area (Å²) in [5.74, 6) is -1.02. The minimum Gasteiger partial charge on any atom is -0.325 e. The van der Waals surface area contributed by atoms with Crippen LogP contribution in [0.4, 0.5) is 5.69 Å². The highest BCUT2D eigenvalue weighted by Gasteiger charge is 2.30. The quantitative estimate of drug-likeness (QED) is 0.706. The topological polar surface area (TPSA) is 99.7 Å². The largest absolute Gasteiger partial charge is 0.325 e. The van der Waals surface area contributed by atoms with Gasteiger partial charge in [-0.2, -0.15) is 0 Å². The van der Waals surface area contributed by atoms with Crippen LogP contribution in [-0.2, 0) is 9.59 Å². The number of carbonyl (C=O) groups excluding carboxylic acids is 3. The Morgan fingerprint density at radius 2 is 1.81 bits per heavy atom. The van der Waals surface area contributed by atoms with Gasteiger partial charge < -0.3 is 10.6 Å². The zero-order valence-electron chi connectivity index (χ0n) is 14.6. The maximum Gasteiger partial charge on any atom is 0.271 e. The predicted molar refractivity (Wildman–Crippen MR) is 105 cm³/mol. The number of thioether (sulfide) groups is 1. The predicted octanol–water partition coefficient (Wildman–Crippen LogP) is 2.26. The Morgan fingerprint density at radius 3 is 2.52 bits per heavy atom. The Hall–Kier alpha value is -3.13. The zero-order valence-corrected chi connectivity index (χ0v) is 15.4. The number of amides is 3. The molecule has 0 spiro atoms. The zero-order chi connectivity index (χ0) is 19.2. The number of nitrogens with zero attached hydrogens (tertiary/aromatic N) is 1. The van der Waals surface area contributed by atoms with Crippen LogP contribution in [0.15, 0.2) is 59.7 Å². The van der Waals surface area contributed by atoms with E-state index in [-0.39, 0.29) is 23.4 Å². The monoisotopic (exact) mass is 382 g/mol. The molecular weight excluding hydrogens is 364 g/mol. The van der Waals surface area contributed by atoms with Crippen molar-refractivity contribution in [2.24, 2.45) is 5.10 Å². The number of hydrazone groups is 1. The Kier molecular flexibility index (Phi) is 5.87. The second-order valence-corrected chi connectivity index (χ2v) is 7.13. The Bertz CT molecular complexity index is 882. The number of hydrogen-bond donors (Lipinski definition) is 3. The number of para-hydroxylation sites is 1. The summed E-state index contributed by atoms with van der Waals surface area (Å²) in [6.07, 6.45) is 0.0360. The van der Waals surface area contributed by atoms with E-state index in [0.717, 1.165) is 17.3 Å². The van der Waals surface area contributed by atoms with Gasteiger partial charge in [0.15, 0.2) is 5.17 Å². The van der Waals surface area contributed by atoms with E-state index in [0.29, 0.717) is 11.3 Å². The fourth-order valence-corrected chi connectivity index (χ4v) is 3.30. The lowest BCUT2D eigenvalue weighted by atomic mass is 10.1. The molecule has 0 radical (unpaired) electrons. The molecule has 0 saturated carbocycles. The van der Waals surface area contributed by atoms with Crippen LogP contribution < -0.4 is 16.1 Å². The number of hydrogen-bond acceptors (Lipinski definition) is 5. The van der Waals surface area contributed by atoms with E-state index in [1.54, 1.807) is 24.3 Å². The van der Waals surface area contributed by atoms with Gasteiger partial charge in [0, 0.05) is 17.7 Å². The number of carbonyl (C=O) groups is 3. The van der Waals surface area contributed by atoms with Gasteiger partial charge in [0.05, 0.1) is 0 Å². The summed E-state index contributed by atoms with van der Waals surface area (Å²) in [5, 5.41) is 8.82. The molecule has 0 bridgehead atoms. The van der Waals surface area contributed by atoms with Gasteiger partial charge in [-0.25, -0.2) is 5.43 Å². The number of anilines is 1. The van der Waals surface area contributed by atoms with E-state index in [2.05, 4.69) is 21.2 Å². The third kappa shape index (κ3) is 5.18. The van der Waals surface area contributed by atoms with E-state index in [9.17, 15) is 14.4 Å². The van der Waals surface area contributed by atoms with Crippen LogP contribution in [0, 0.1) is 6.92 Å². The highest BCUT2D eigenvalue weighted by molar-refractivity contribution is 8.15. The summed E-state index contributed by atoms with van der Waals surface area (Å²) >= 11 is 1.09. The van der Waals surface area contributed by atoms with Crippen LogP contribution >= 0.6 is 11.8 Å². The van der Waals surface area contributed by atoms with Gasteiger partial charge in [0.1, 0.15) is 5.25 Å². The summed E-state index contributed by atoms with van der Waals surface area (Å²) in [4.78, 5) is 36.4. The molecule has 1 fully saturated rings. The van der Waals surface area contributed by atoms with Crippen molar-refractivity contribution >= 4 is 40.3 Å². The lowest BCUT2D eigenvalue weighted by Crippen LogP contribution is -2.42. The first-order valence-electron chi connectivity index (χ1n) is 8.28. The molecule has 3 N–H and O–H groups in total. The number of benzene rings is 2. The molecule has 1 atom stereocenters. The van der Waals surface area contributed by atoms with Crippen molar-refractivity contribution in [3.8, 4) is 0 Å². The van der Waals surface area contributed by atoms with E-state index in [1.165, 1.54) is 0 Å². The number of nitrogens with one attached hydrogen (secondary N) is 3. The summed E-state index contributed by atoms with van der Waals surface area (Å²) in [6.45, 7) is 1.93. The molecule has 0 aliphatic carbocycles. The third-order valence-corrected chi connectivity index (χ3v) is 4.86. The van der Waals surface area contributed by atoms with Gasteiger partial charge in [-0.1, -0.05) is 47.7 Å². The van der Waals surface area contributed by atoms with Gasteiger partial charge in [-0.05, 0) is 31.2 Å². The van der Waals surface area contributed by atoms with Gasteiger partial charge in [0.2, 0.25) is 11.8 Å². The highest BCUT2D eigenvalue weighted by Crippen LogP contribution is 2.22. The lowest BCUT2D eigenvalue weighted by Gasteiger charge is -2.22. The number of amidine groups is 1. The van der Waals surface area contributed by atoms with E-state index in [1.807, 2.05) is 37.3 Å². The molecule has 1 aliphatic rings. The minimum atomic E-state index is -0.631. The van der Waals surface area contributed by atoms with Crippen molar-refractivity contribution in [2.45, 2.75) is 18.6 Å². The Labute approximate surface area is 160 Å². The fourth-order valence-electron chi connectivity index (χ4n) is 2.36. The smallest absolute Gasteiger partial charge is 0.271 e. The van der Waals surface area contributed by atoms with Crippen LogP contribution in [-0.4, -0.2) is 28.1 Å². The van der Waals surface area contributed by atoms with Crippen molar-refractivity contribution in [1.29, 1.82) is 0 Å². The first kappa shape index (κ1) is 18.7. The van der Waals surface area contributed by atoms with Gasteiger partial charge >= 0.3 is 0 Å². The molecule has 2 aromatic rings. The standard InChI is InChI=1S/C19H18N4O3S/c1-12-7-9-13(10-8-12)17(25)22-23-19-21-16(24)11-15(27-19)18(26)20-14-5-3-2-4-6-14/h2-10,15H,11H2,1H3,(H,20,26)(H,22,25)(H,21,23,24)/t15-/m1/s1. The van der Waals surface area contributed by atoms with Gasteiger partial charge in [-0.15, -0.1) is 5.10 Å². The van der Waals surface area contributed by atoms with Crippen molar-refractivity contribution < 1.29 is 14.4 Å². The third-order valence-electron chi connectivity index (χ3n) is 3.78. The maximum atomic E-state index is 12.4. The Balaban J connectivity index is 1.63. The van der Waals surface area contributed by atoms with Crippen molar-refractivity contribution in [2.75, 3.05) is 5.32 Å². The average molecular weight is 382 g/mol. The summed E-state index contributed by atoms with van der Waals surface area (Å²) in [6, 6.07) is 16.0.